The Morgan fingerprint density at radius 2 is 2.07 bits per heavy atom. The van der Waals surface area contributed by atoms with Crippen LogP contribution in [0.25, 0.3) is 0 Å². The van der Waals surface area contributed by atoms with Crippen LogP contribution in [0, 0.1) is 11.3 Å². The van der Waals surface area contributed by atoms with Crippen LogP contribution < -0.4 is 10.0 Å². The van der Waals surface area contributed by atoms with Crippen LogP contribution in [0.4, 0.5) is 5.00 Å². The van der Waals surface area contributed by atoms with Gasteiger partial charge in [0.2, 0.25) is 10.0 Å². The van der Waals surface area contributed by atoms with Gasteiger partial charge in [-0.25, -0.2) is 8.42 Å². The molecule has 1 amide bonds. The summed E-state index contributed by atoms with van der Waals surface area (Å²) in [5.74, 6) is -1.60. The molecule has 0 saturated heterocycles. The summed E-state index contributed by atoms with van der Waals surface area (Å²) in [6, 6.07) is 7.61. The minimum absolute atomic E-state index is 0.0196. The van der Waals surface area contributed by atoms with E-state index < -0.39 is 35.1 Å². The third-order valence-corrected chi connectivity index (χ3v) is 6.20. The molecule has 27 heavy (non-hydrogen) atoms. The number of sulfonamides is 1. The molecule has 2 aromatic rings. The van der Waals surface area contributed by atoms with E-state index in [4.69, 9.17) is 21.6 Å². The number of hydrogen-bond donors (Lipinski definition) is 2. The molecule has 0 aliphatic rings. The maximum Gasteiger partial charge on any atom is 0.321 e. The van der Waals surface area contributed by atoms with Gasteiger partial charge in [0, 0.05) is 4.47 Å². The summed E-state index contributed by atoms with van der Waals surface area (Å²) in [6.45, 7) is -1.30. The summed E-state index contributed by atoms with van der Waals surface area (Å²) in [5.41, 5.74) is 0.291. The fourth-order valence-corrected chi connectivity index (χ4v) is 4.54. The van der Waals surface area contributed by atoms with Crippen molar-refractivity contribution in [3.05, 3.63) is 44.7 Å². The lowest BCUT2D eigenvalue weighted by Crippen LogP contribution is -2.32. The molecule has 0 unspecified atom stereocenters. The summed E-state index contributed by atoms with van der Waals surface area (Å²) in [7, 11) is -4.03. The lowest BCUT2D eigenvalue weighted by molar-refractivity contribution is -0.146. The second-order valence-corrected chi connectivity index (χ2v) is 8.86. The molecule has 0 fully saturated rings. The highest BCUT2D eigenvalue weighted by molar-refractivity contribution is 9.10. The smallest absolute Gasteiger partial charge is 0.321 e. The molecule has 0 aliphatic heterocycles. The van der Waals surface area contributed by atoms with E-state index in [1.54, 1.807) is 5.38 Å². The molecule has 142 valence electrons. The van der Waals surface area contributed by atoms with Crippen LogP contribution >= 0.6 is 38.9 Å². The fourth-order valence-electron chi connectivity index (χ4n) is 1.78. The third-order valence-electron chi connectivity index (χ3n) is 2.99. The third kappa shape index (κ3) is 6.02. The molecule has 1 aromatic heterocycles. The average molecular weight is 493 g/mol. The standard InChI is InChI=1S/C15H11BrClN3O5S2/c16-10-1-2-12(11(17)5-10)27(23,24)19-7-14(22)25-8-13(21)20-15-9(6-18)3-4-26-15/h1-5,19H,7-8H2,(H,20,21). The molecule has 8 nitrogen and oxygen atoms in total. The first-order valence-electron chi connectivity index (χ1n) is 7.10. The number of thiophene rings is 1. The molecule has 2 rings (SSSR count). The Morgan fingerprint density at radius 1 is 1.33 bits per heavy atom. The fraction of sp³-hybridized carbons (Fsp3) is 0.133. The first-order valence-corrected chi connectivity index (χ1v) is 10.6. The van der Waals surface area contributed by atoms with Gasteiger partial charge in [-0.05, 0) is 29.6 Å². The quantitative estimate of drug-likeness (QED) is 0.572. The van der Waals surface area contributed by atoms with Gasteiger partial charge in [0.05, 0.1) is 10.6 Å². The van der Waals surface area contributed by atoms with Crippen molar-refractivity contribution in [3.8, 4) is 6.07 Å². The molecule has 0 aliphatic carbocycles. The summed E-state index contributed by atoms with van der Waals surface area (Å²) < 4.78 is 31.7. The van der Waals surface area contributed by atoms with Gasteiger partial charge in [-0.1, -0.05) is 27.5 Å². The Bertz CT molecular complexity index is 1020. The van der Waals surface area contributed by atoms with Gasteiger partial charge >= 0.3 is 5.97 Å². The zero-order valence-electron chi connectivity index (χ0n) is 13.4. The van der Waals surface area contributed by atoms with Crippen LogP contribution in [-0.4, -0.2) is 33.4 Å². The van der Waals surface area contributed by atoms with Gasteiger partial charge in [-0.2, -0.15) is 9.98 Å². The molecule has 1 aromatic carbocycles. The molecular formula is C15H11BrClN3O5S2. The highest BCUT2D eigenvalue weighted by Crippen LogP contribution is 2.25. The topological polar surface area (TPSA) is 125 Å². The molecule has 0 atom stereocenters. The Labute approximate surface area is 172 Å². The van der Waals surface area contributed by atoms with E-state index in [2.05, 4.69) is 21.2 Å². The number of carbonyl (C=O) groups excluding carboxylic acids is 2. The van der Waals surface area contributed by atoms with Crippen LogP contribution in [0.15, 0.2) is 39.0 Å². The van der Waals surface area contributed by atoms with Crippen molar-refractivity contribution < 1.29 is 22.7 Å². The van der Waals surface area contributed by atoms with E-state index in [0.717, 1.165) is 11.3 Å². The lowest BCUT2D eigenvalue weighted by Gasteiger charge is -2.09. The Morgan fingerprint density at radius 3 is 2.74 bits per heavy atom. The van der Waals surface area contributed by atoms with Gasteiger partial charge in [0.15, 0.2) is 6.61 Å². The van der Waals surface area contributed by atoms with E-state index in [1.807, 2.05) is 10.8 Å². The van der Waals surface area contributed by atoms with E-state index in [9.17, 15) is 18.0 Å². The first-order chi connectivity index (χ1) is 12.7. The monoisotopic (exact) mass is 491 g/mol. The van der Waals surface area contributed by atoms with Crippen molar-refractivity contribution in [2.24, 2.45) is 0 Å². The lowest BCUT2D eigenvalue weighted by atomic mass is 10.3. The van der Waals surface area contributed by atoms with E-state index >= 15 is 0 Å². The predicted molar refractivity (Wildman–Crippen MR) is 103 cm³/mol. The van der Waals surface area contributed by atoms with Crippen molar-refractivity contribution in [1.82, 2.24) is 4.72 Å². The number of anilines is 1. The normalized spacial score (nSPS) is 10.9. The number of halogens is 2. The number of amides is 1. The van der Waals surface area contributed by atoms with Crippen molar-refractivity contribution in [3.63, 3.8) is 0 Å². The zero-order chi connectivity index (χ0) is 20.0. The summed E-state index contributed by atoms with van der Waals surface area (Å²) in [5, 5.41) is 13.2. The highest BCUT2D eigenvalue weighted by atomic mass is 79.9. The predicted octanol–water partition coefficient (Wildman–Crippen LogP) is 2.50. The number of nitriles is 1. The maximum atomic E-state index is 12.2. The Balaban J connectivity index is 1.85. The Hall–Kier alpha value is -1.97. The molecule has 2 N–H and O–H groups in total. The van der Waals surface area contributed by atoms with E-state index in [-0.39, 0.29) is 9.92 Å². The number of carbonyl (C=O) groups is 2. The number of rotatable bonds is 7. The van der Waals surface area contributed by atoms with Crippen molar-refractivity contribution in [2.45, 2.75) is 4.90 Å². The molecule has 0 radical (unpaired) electrons. The molecule has 0 saturated carbocycles. The van der Waals surface area contributed by atoms with Crippen LogP contribution in [0.2, 0.25) is 5.02 Å². The molecule has 12 heteroatoms. The minimum Gasteiger partial charge on any atom is -0.455 e. The van der Waals surface area contributed by atoms with E-state index in [0.29, 0.717) is 15.0 Å². The zero-order valence-corrected chi connectivity index (χ0v) is 17.3. The largest absolute Gasteiger partial charge is 0.455 e. The second-order valence-electron chi connectivity index (χ2n) is 4.88. The van der Waals surface area contributed by atoms with Crippen LogP contribution in [0.5, 0.6) is 0 Å². The number of ether oxygens (including phenoxy) is 1. The minimum atomic E-state index is -4.03. The van der Waals surface area contributed by atoms with Gasteiger partial charge in [0.25, 0.3) is 5.91 Å². The molecule has 0 spiro atoms. The van der Waals surface area contributed by atoms with Gasteiger partial charge < -0.3 is 10.1 Å². The van der Waals surface area contributed by atoms with Crippen molar-refractivity contribution >= 4 is 65.8 Å². The number of hydrogen-bond acceptors (Lipinski definition) is 7. The second kappa shape index (κ2) is 9.29. The SMILES string of the molecule is N#Cc1ccsc1NC(=O)COC(=O)CNS(=O)(=O)c1ccc(Br)cc1Cl. The Kier molecular flexibility index (Phi) is 7.34. The molecular weight excluding hydrogens is 482 g/mol. The van der Waals surface area contributed by atoms with Crippen molar-refractivity contribution in [2.75, 3.05) is 18.5 Å². The maximum absolute atomic E-state index is 12.2. The van der Waals surface area contributed by atoms with Crippen LogP contribution in [-0.2, 0) is 24.3 Å². The molecule has 0 bridgehead atoms. The van der Waals surface area contributed by atoms with Crippen molar-refractivity contribution in [1.29, 1.82) is 5.26 Å². The summed E-state index contributed by atoms with van der Waals surface area (Å²) in [6.07, 6.45) is 0. The van der Waals surface area contributed by atoms with Gasteiger partial charge in [-0.3, -0.25) is 9.59 Å². The van der Waals surface area contributed by atoms with Crippen LogP contribution in [0.3, 0.4) is 0 Å². The number of nitrogens with zero attached hydrogens (tertiary/aromatic N) is 1. The van der Waals surface area contributed by atoms with E-state index in [1.165, 1.54) is 24.3 Å². The number of benzene rings is 1. The number of nitrogens with one attached hydrogen (secondary N) is 2. The average Bonchev–Trinajstić information content (AvgIpc) is 3.05. The summed E-state index contributed by atoms with van der Waals surface area (Å²) in [4.78, 5) is 23.2. The van der Waals surface area contributed by atoms with Gasteiger partial charge in [-0.15, -0.1) is 11.3 Å². The van der Waals surface area contributed by atoms with Gasteiger partial charge in [0.1, 0.15) is 22.5 Å². The highest BCUT2D eigenvalue weighted by Gasteiger charge is 2.20. The first kappa shape index (κ1) is 21.3. The molecule has 1 heterocycles. The van der Waals surface area contributed by atoms with Crippen LogP contribution in [0.1, 0.15) is 5.56 Å². The summed E-state index contributed by atoms with van der Waals surface area (Å²) >= 11 is 10.2. The number of esters is 1.